The van der Waals surface area contributed by atoms with Gasteiger partial charge in [0.15, 0.2) is 5.69 Å². The third kappa shape index (κ3) is 5.10. The number of nitrogens with one attached hydrogen (secondary N) is 1. The van der Waals surface area contributed by atoms with Crippen LogP contribution in [-0.4, -0.2) is 47.6 Å². The van der Waals surface area contributed by atoms with Crippen LogP contribution in [0.15, 0.2) is 41.0 Å². The minimum atomic E-state index is -0.420. The molecule has 2 heterocycles. The van der Waals surface area contributed by atoms with Gasteiger partial charge in [-0.3, -0.25) is 4.79 Å². The number of amides is 2. The molecule has 0 bridgehead atoms. The molecule has 28 heavy (non-hydrogen) atoms. The molecule has 1 aliphatic heterocycles. The number of hydrogen-bond donors (Lipinski definition) is 2. The second kappa shape index (κ2) is 9.36. The van der Waals surface area contributed by atoms with Gasteiger partial charge in [-0.2, -0.15) is 0 Å². The summed E-state index contributed by atoms with van der Waals surface area (Å²) in [6.45, 7) is 3.24. The van der Waals surface area contributed by atoms with Crippen molar-refractivity contribution in [2.24, 2.45) is 5.73 Å². The average Bonchev–Trinajstić information content (AvgIpc) is 3.20. The van der Waals surface area contributed by atoms with Crippen molar-refractivity contribution in [3.8, 4) is 0 Å². The number of aromatic nitrogens is 1. The van der Waals surface area contributed by atoms with Crippen molar-refractivity contribution in [1.29, 1.82) is 0 Å². The van der Waals surface area contributed by atoms with Gasteiger partial charge in [0.25, 0.3) is 5.91 Å². The normalized spacial score (nSPS) is 15.9. The maximum Gasteiger partial charge on any atom is 0.409 e. The van der Waals surface area contributed by atoms with Gasteiger partial charge in [0, 0.05) is 19.1 Å². The van der Waals surface area contributed by atoms with E-state index in [2.05, 4.69) is 10.3 Å². The summed E-state index contributed by atoms with van der Waals surface area (Å²) in [4.78, 5) is 30.1. The number of nitrogens with two attached hydrogens (primary N) is 1. The van der Waals surface area contributed by atoms with Gasteiger partial charge >= 0.3 is 6.09 Å². The van der Waals surface area contributed by atoms with Crippen LogP contribution in [-0.2, 0) is 11.2 Å². The van der Waals surface area contributed by atoms with Crippen LogP contribution in [0.2, 0.25) is 0 Å². The Hall–Kier alpha value is -2.87. The molecule has 0 aliphatic carbocycles. The van der Waals surface area contributed by atoms with Crippen LogP contribution in [0.5, 0.6) is 0 Å². The third-order valence-corrected chi connectivity index (χ3v) is 4.73. The molecule has 1 aromatic carbocycles. The summed E-state index contributed by atoms with van der Waals surface area (Å²) in [5, 5.41) is 2.95. The van der Waals surface area contributed by atoms with E-state index < -0.39 is 6.04 Å². The molecule has 3 N–H and O–H groups in total. The monoisotopic (exact) mass is 386 g/mol. The zero-order valence-corrected chi connectivity index (χ0v) is 16.0. The maximum atomic E-state index is 12.4. The van der Waals surface area contributed by atoms with E-state index in [1.165, 1.54) is 6.26 Å². The van der Waals surface area contributed by atoms with Gasteiger partial charge in [-0.15, -0.1) is 0 Å². The summed E-state index contributed by atoms with van der Waals surface area (Å²) < 4.78 is 10.4. The zero-order chi connectivity index (χ0) is 19.9. The van der Waals surface area contributed by atoms with E-state index in [4.69, 9.17) is 14.9 Å². The highest BCUT2D eigenvalue weighted by Crippen LogP contribution is 2.17. The van der Waals surface area contributed by atoms with Crippen molar-refractivity contribution >= 4 is 12.0 Å². The lowest BCUT2D eigenvalue weighted by molar-refractivity contribution is 0.0856. The van der Waals surface area contributed by atoms with Crippen LogP contribution in [0.4, 0.5) is 4.79 Å². The van der Waals surface area contributed by atoms with Crippen LogP contribution in [0.25, 0.3) is 0 Å². The number of carbonyl (C=O) groups is 2. The first kappa shape index (κ1) is 19.9. The van der Waals surface area contributed by atoms with Gasteiger partial charge in [-0.25, -0.2) is 9.78 Å². The minimum absolute atomic E-state index is 0.0173. The van der Waals surface area contributed by atoms with Gasteiger partial charge < -0.3 is 25.1 Å². The fourth-order valence-electron chi connectivity index (χ4n) is 3.20. The quantitative estimate of drug-likeness (QED) is 0.788. The molecular weight excluding hydrogens is 360 g/mol. The molecule has 1 atom stereocenters. The summed E-state index contributed by atoms with van der Waals surface area (Å²) in [6.07, 6.45) is 2.95. The van der Waals surface area contributed by atoms with Crippen LogP contribution >= 0.6 is 0 Å². The van der Waals surface area contributed by atoms with E-state index in [-0.39, 0.29) is 23.7 Å². The number of benzene rings is 1. The summed E-state index contributed by atoms with van der Waals surface area (Å²) in [5.41, 5.74) is 7.45. The first-order chi connectivity index (χ1) is 13.6. The molecule has 3 rings (SSSR count). The highest BCUT2D eigenvalue weighted by molar-refractivity contribution is 5.92. The first-order valence-electron chi connectivity index (χ1n) is 9.54. The molecule has 8 heteroatoms. The van der Waals surface area contributed by atoms with E-state index in [1.54, 1.807) is 11.8 Å². The Labute approximate surface area is 164 Å². The van der Waals surface area contributed by atoms with E-state index in [0.717, 1.165) is 5.56 Å². The number of likely N-dealkylation sites (tertiary alicyclic amines) is 1. The maximum absolute atomic E-state index is 12.4. The van der Waals surface area contributed by atoms with E-state index in [0.29, 0.717) is 44.8 Å². The number of nitrogens with zero attached hydrogens (tertiary/aromatic N) is 2. The Balaban J connectivity index is 1.50. The molecule has 2 aromatic rings. The summed E-state index contributed by atoms with van der Waals surface area (Å²) >= 11 is 0. The topological polar surface area (TPSA) is 111 Å². The Morgan fingerprint density at radius 2 is 2.04 bits per heavy atom. The zero-order valence-electron chi connectivity index (χ0n) is 16.0. The molecule has 8 nitrogen and oxygen atoms in total. The van der Waals surface area contributed by atoms with Gasteiger partial charge in [0.1, 0.15) is 6.26 Å². The second-order valence-electron chi connectivity index (χ2n) is 6.80. The smallest absolute Gasteiger partial charge is 0.409 e. The fourth-order valence-corrected chi connectivity index (χ4v) is 3.20. The van der Waals surface area contributed by atoms with Crippen LogP contribution in [0.1, 0.15) is 47.7 Å². The van der Waals surface area contributed by atoms with Crippen molar-refractivity contribution in [3.63, 3.8) is 0 Å². The Morgan fingerprint density at radius 1 is 1.32 bits per heavy atom. The lowest BCUT2D eigenvalue weighted by atomic mass is 10.1. The molecule has 1 aromatic heterocycles. The van der Waals surface area contributed by atoms with Crippen LogP contribution < -0.4 is 11.1 Å². The predicted molar refractivity (Wildman–Crippen MR) is 103 cm³/mol. The molecule has 0 spiro atoms. The van der Waals surface area contributed by atoms with Gasteiger partial charge in [-0.05, 0) is 31.7 Å². The minimum Gasteiger partial charge on any atom is -0.450 e. The highest BCUT2D eigenvalue weighted by Gasteiger charge is 2.26. The summed E-state index contributed by atoms with van der Waals surface area (Å²) in [6, 6.07) is 9.37. The number of ether oxygens (including phenoxy) is 1. The predicted octanol–water partition coefficient (Wildman–Crippen LogP) is 2.27. The SMILES string of the molecule is CCOC(=O)N1CCC(NC(=O)c2coc(C(N)Cc3ccccc3)n2)CC1. The Bertz CT molecular complexity index is 785. The number of piperidine rings is 1. The fraction of sp³-hybridized carbons (Fsp3) is 0.450. The Kier molecular flexibility index (Phi) is 6.65. The van der Waals surface area contributed by atoms with Crippen molar-refractivity contribution in [3.05, 3.63) is 53.7 Å². The molecule has 2 amide bonds. The summed E-state index contributed by atoms with van der Waals surface area (Å²) in [7, 11) is 0. The standard InChI is InChI=1S/C20H26N4O4/c1-2-27-20(26)24-10-8-15(9-11-24)22-18(25)17-13-28-19(23-17)16(21)12-14-6-4-3-5-7-14/h3-7,13,15-16H,2,8-12,21H2,1H3,(H,22,25). The van der Waals surface area contributed by atoms with Crippen molar-refractivity contribution < 1.29 is 18.7 Å². The van der Waals surface area contributed by atoms with Gasteiger partial charge in [0.2, 0.25) is 5.89 Å². The van der Waals surface area contributed by atoms with Crippen molar-refractivity contribution in [2.45, 2.75) is 38.3 Å². The van der Waals surface area contributed by atoms with E-state index >= 15 is 0 Å². The second-order valence-corrected chi connectivity index (χ2v) is 6.80. The van der Waals surface area contributed by atoms with Crippen LogP contribution in [0.3, 0.4) is 0 Å². The largest absolute Gasteiger partial charge is 0.450 e. The number of carbonyl (C=O) groups excluding carboxylic acids is 2. The van der Waals surface area contributed by atoms with Crippen LogP contribution in [0, 0.1) is 0 Å². The molecule has 1 unspecified atom stereocenters. The lowest BCUT2D eigenvalue weighted by Gasteiger charge is -2.31. The molecule has 1 fully saturated rings. The third-order valence-electron chi connectivity index (χ3n) is 4.73. The molecule has 150 valence electrons. The lowest BCUT2D eigenvalue weighted by Crippen LogP contribution is -2.46. The molecule has 0 saturated carbocycles. The molecular formula is C20H26N4O4. The van der Waals surface area contributed by atoms with E-state index in [1.807, 2.05) is 30.3 Å². The van der Waals surface area contributed by atoms with Gasteiger partial charge in [-0.1, -0.05) is 30.3 Å². The summed E-state index contributed by atoms with van der Waals surface area (Å²) in [5.74, 6) is 0.0441. The molecule has 1 saturated heterocycles. The number of hydrogen-bond acceptors (Lipinski definition) is 6. The average molecular weight is 386 g/mol. The Morgan fingerprint density at radius 3 is 2.71 bits per heavy atom. The highest BCUT2D eigenvalue weighted by atomic mass is 16.6. The molecule has 0 radical (unpaired) electrons. The van der Waals surface area contributed by atoms with E-state index in [9.17, 15) is 9.59 Å². The van der Waals surface area contributed by atoms with Crippen molar-refractivity contribution in [2.75, 3.05) is 19.7 Å². The number of rotatable bonds is 6. The van der Waals surface area contributed by atoms with Gasteiger partial charge in [0.05, 0.1) is 12.6 Å². The van der Waals surface area contributed by atoms with Crippen molar-refractivity contribution in [1.82, 2.24) is 15.2 Å². The number of oxazole rings is 1. The molecule has 1 aliphatic rings. The first-order valence-corrected chi connectivity index (χ1v) is 9.54.